The van der Waals surface area contributed by atoms with Gasteiger partial charge in [0.05, 0.1) is 36.3 Å². The third-order valence-corrected chi connectivity index (χ3v) is 2.17. The second-order valence-electron chi connectivity index (χ2n) is 3.52. The van der Waals surface area contributed by atoms with Crippen LogP contribution in [0.3, 0.4) is 0 Å². The van der Waals surface area contributed by atoms with Gasteiger partial charge in [0.25, 0.3) is 5.69 Å². The van der Waals surface area contributed by atoms with E-state index in [-0.39, 0.29) is 6.61 Å². The summed E-state index contributed by atoms with van der Waals surface area (Å²) in [7, 11) is 1.37. The Morgan fingerprint density at radius 2 is 2.06 bits per heavy atom. The fourth-order valence-electron chi connectivity index (χ4n) is 1.35. The predicted octanol–water partition coefficient (Wildman–Crippen LogP) is 1.29. The summed E-state index contributed by atoms with van der Waals surface area (Å²) in [6.45, 7) is -0.365. The molecule has 18 heavy (non-hydrogen) atoms. The molecule has 0 heterocycles. The van der Waals surface area contributed by atoms with Gasteiger partial charge in [-0.15, -0.1) is 0 Å². The highest BCUT2D eigenvalue weighted by Crippen LogP contribution is 2.25. The van der Waals surface area contributed by atoms with Gasteiger partial charge in [-0.3, -0.25) is 10.1 Å². The average molecular weight is 262 g/mol. The van der Waals surface area contributed by atoms with E-state index in [0.29, 0.717) is 12.1 Å². The highest BCUT2D eigenvalue weighted by atomic mass is 19.1. The van der Waals surface area contributed by atoms with Gasteiger partial charge in [0, 0.05) is 7.11 Å². The van der Waals surface area contributed by atoms with Gasteiger partial charge < -0.3 is 15.2 Å². The summed E-state index contributed by atoms with van der Waals surface area (Å²) in [4.78, 5) is 9.50. The maximum absolute atomic E-state index is 13.5. The van der Waals surface area contributed by atoms with E-state index in [0.717, 1.165) is 0 Å². The van der Waals surface area contributed by atoms with E-state index in [1.165, 1.54) is 7.11 Å². The molecule has 1 aromatic carbocycles. The molecule has 100 valence electrons. The van der Waals surface area contributed by atoms with Crippen LogP contribution in [0.4, 0.5) is 20.2 Å². The molecule has 8 heteroatoms. The molecule has 0 saturated heterocycles. The Morgan fingerprint density at radius 1 is 1.50 bits per heavy atom. The van der Waals surface area contributed by atoms with E-state index < -0.39 is 40.6 Å². The number of hydrogen-bond acceptors (Lipinski definition) is 5. The van der Waals surface area contributed by atoms with Gasteiger partial charge in [-0.2, -0.15) is 0 Å². The van der Waals surface area contributed by atoms with Crippen molar-refractivity contribution in [2.24, 2.45) is 0 Å². The number of nitrogens with one attached hydrogen (secondary N) is 1. The SMILES string of the molecule is COCC(CO)Nc1c(F)cc([N+](=O)[O-])cc1F. The van der Waals surface area contributed by atoms with Crippen LogP contribution in [0.1, 0.15) is 0 Å². The molecular weight excluding hydrogens is 250 g/mol. The van der Waals surface area contributed by atoms with Crippen molar-refractivity contribution >= 4 is 11.4 Å². The average Bonchev–Trinajstić information content (AvgIpc) is 2.31. The van der Waals surface area contributed by atoms with Crippen LogP contribution >= 0.6 is 0 Å². The summed E-state index contributed by atoms with van der Waals surface area (Å²) in [5, 5.41) is 21.7. The summed E-state index contributed by atoms with van der Waals surface area (Å²) < 4.78 is 31.7. The van der Waals surface area contributed by atoms with Crippen molar-refractivity contribution in [3.05, 3.63) is 33.9 Å². The molecule has 0 aromatic heterocycles. The van der Waals surface area contributed by atoms with E-state index in [2.05, 4.69) is 5.32 Å². The number of halogens is 2. The summed E-state index contributed by atoms with van der Waals surface area (Å²) in [5.41, 5.74) is -1.21. The minimum absolute atomic E-state index is 0.0341. The first-order valence-electron chi connectivity index (χ1n) is 4.99. The molecule has 0 fully saturated rings. The quantitative estimate of drug-likeness (QED) is 0.596. The van der Waals surface area contributed by atoms with E-state index >= 15 is 0 Å². The van der Waals surface area contributed by atoms with Crippen LogP contribution in [0.5, 0.6) is 0 Å². The molecule has 0 saturated carbocycles. The van der Waals surface area contributed by atoms with Gasteiger partial charge in [0.2, 0.25) is 0 Å². The van der Waals surface area contributed by atoms with Gasteiger partial charge in [-0.25, -0.2) is 8.78 Å². The van der Waals surface area contributed by atoms with Crippen LogP contribution in [0.25, 0.3) is 0 Å². The zero-order chi connectivity index (χ0) is 13.7. The lowest BCUT2D eigenvalue weighted by Crippen LogP contribution is -2.29. The van der Waals surface area contributed by atoms with Crippen molar-refractivity contribution in [3.63, 3.8) is 0 Å². The monoisotopic (exact) mass is 262 g/mol. The standard InChI is InChI=1S/C10H12F2N2O4/c1-18-5-6(4-15)13-10-8(11)2-7(14(16)17)3-9(10)12/h2-3,6,13,15H,4-5H2,1H3. The Morgan fingerprint density at radius 3 is 2.44 bits per heavy atom. The largest absolute Gasteiger partial charge is 0.394 e. The lowest BCUT2D eigenvalue weighted by Gasteiger charge is -2.17. The molecule has 1 aromatic rings. The first kappa shape index (κ1) is 14.3. The molecule has 2 N–H and O–H groups in total. The first-order valence-corrected chi connectivity index (χ1v) is 4.99. The lowest BCUT2D eigenvalue weighted by molar-refractivity contribution is -0.385. The Bertz CT molecular complexity index is 419. The van der Waals surface area contributed by atoms with Crippen LogP contribution in [-0.2, 0) is 4.74 Å². The van der Waals surface area contributed by atoms with Crippen LogP contribution in [0.15, 0.2) is 12.1 Å². The fourth-order valence-corrected chi connectivity index (χ4v) is 1.35. The number of ether oxygens (including phenoxy) is 1. The number of nitro benzene ring substituents is 1. The Balaban J connectivity index is 2.99. The number of aliphatic hydroxyl groups is 1. The molecule has 0 amide bonds. The molecule has 0 aliphatic heterocycles. The highest BCUT2D eigenvalue weighted by molar-refractivity contribution is 5.52. The number of nitrogens with zero attached hydrogens (tertiary/aromatic N) is 1. The Hall–Kier alpha value is -1.80. The number of hydrogen-bond donors (Lipinski definition) is 2. The Kier molecular flexibility index (Phi) is 4.93. The van der Waals surface area contributed by atoms with E-state index in [1.54, 1.807) is 0 Å². The highest BCUT2D eigenvalue weighted by Gasteiger charge is 2.19. The van der Waals surface area contributed by atoms with Crippen LogP contribution < -0.4 is 5.32 Å². The zero-order valence-corrected chi connectivity index (χ0v) is 9.52. The van der Waals surface area contributed by atoms with Gasteiger partial charge in [0.1, 0.15) is 5.69 Å². The zero-order valence-electron chi connectivity index (χ0n) is 9.52. The third kappa shape index (κ3) is 3.34. The minimum Gasteiger partial charge on any atom is -0.394 e. The van der Waals surface area contributed by atoms with Crippen LogP contribution in [0.2, 0.25) is 0 Å². The van der Waals surface area contributed by atoms with Crippen molar-refractivity contribution in [3.8, 4) is 0 Å². The number of rotatable bonds is 6. The second kappa shape index (κ2) is 6.22. The van der Waals surface area contributed by atoms with Crippen molar-refractivity contribution in [2.45, 2.75) is 6.04 Å². The van der Waals surface area contributed by atoms with Crippen LogP contribution in [-0.4, -0.2) is 36.4 Å². The van der Waals surface area contributed by atoms with Crippen molar-refractivity contribution in [1.82, 2.24) is 0 Å². The molecular formula is C10H12F2N2O4. The van der Waals surface area contributed by atoms with E-state index in [4.69, 9.17) is 9.84 Å². The molecule has 0 aliphatic rings. The molecule has 1 atom stereocenters. The number of aliphatic hydroxyl groups excluding tert-OH is 1. The smallest absolute Gasteiger partial charge is 0.275 e. The maximum Gasteiger partial charge on any atom is 0.275 e. The minimum atomic E-state index is -1.10. The Labute approximate surface area is 101 Å². The molecule has 1 rings (SSSR count). The summed E-state index contributed by atoms with van der Waals surface area (Å²) in [5.74, 6) is -2.20. The topological polar surface area (TPSA) is 84.6 Å². The molecule has 1 unspecified atom stereocenters. The van der Waals surface area contributed by atoms with E-state index in [9.17, 15) is 18.9 Å². The van der Waals surface area contributed by atoms with Gasteiger partial charge in [-0.1, -0.05) is 0 Å². The van der Waals surface area contributed by atoms with E-state index in [1.807, 2.05) is 0 Å². The number of nitro groups is 1. The van der Waals surface area contributed by atoms with Gasteiger partial charge in [0.15, 0.2) is 11.6 Å². The number of non-ortho nitro benzene ring substituents is 1. The normalized spacial score (nSPS) is 12.2. The fraction of sp³-hybridized carbons (Fsp3) is 0.400. The van der Waals surface area contributed by atoms with Crippen molar-refractivity contribution < 1.29 is 23.5 Å². The van der Waals surface area contributed by atoms with Gasteiger partial charge in [-0.05, 0) is 0 Å². The summed E-state index contributed by atoms with van der Waals surface area (Å²) in [6, 6.07) is 0.500. The molecule has 0 bridgehead atoms. The predicted molar refractivity (Wildman–Crippen MR) is 59.4 cm³/mol. The number of methoxy groups -OCH3 is 1. The molecule has 0 aliphatic carbocycles. The third-order valence-electron chi connectivity index (χ3n) is 2.17. The maximum atomic E-state index is 13.5. The number of benzene rings is 1. The van der Waals surface area contributed by atoms with Gasteiger partial charge >= 0.3 is 0 Å². The van der Waals surface area contributed by atoms with Crippen LogP contribution in [0, 0.1) is 21.7 Å². The second-order valence-corrected chi connectivity index (χ2v) is 3.52. The van der Waals surface area contributed by atoms with Crippen molar-refractivity contribution in [2.75, 3.05) is 25.6 Å². The lowest BCUT2D eigenvalue weighted by atomic mass is 10.2. The molecule has 6 nitrogen and oxygen atoms in total. The summed E-state index contributed by atoms with van der Waals surface area (Å²) in [6.07, 6.45) is 0. The molecule has 0 radical (unpaired) electrons. The number of anilines is 1. The summed E-state index contributed by atoms with van der Waals surface area (Å²) >= 11 is 0. The first-order chi connectivity index (χ1) is 8.49. The van der Waals surface area contributed by atoms with Crippen molar-refractivity contribution in [1.29, 1.82) is 0 Å². The molecule has 0 spiro atoms.